The van der Waals surface area contributed by atoms with Crippen molar-refractivity contribution in [2.45, 2.75) is 6.18 Å². The largest absolute Gasteiger partial charge is 0.405 e. The predicted molar refractivity (Wildman–Crippen MR) is 48.6 cm³/mol. The molecule has 0 aliphatic rings. The molecule has 1 aromatic rings. The average Bonchev–Trinajstić information content (AvgIpc) is 1.99. The zero-order chi connectivity index (χ0) is 11.6. The van der Waals surface area contributed by atoms with Gasteiger partial charge in [-0.2, -0.15) is 13.2 Å². The second-order valence-electron chi connectivity index (χ2n) is 2.71. The first-order valence-corrected chi connectivity index (χ1v) is 4.54. The summed E-state index contributed by atoms with van der Waals surface area (Å²) in [7, 11) is 0. The Kier molecular flexibility index (Phi) is 3.54. The van der Waals surface area contributed by atoms with Gasteiger partial charge in [0.25, 0.3) is 0 Å². The highest BCUT2D eigenvalue weighted by Gasteiger charge is 2.27. The number of benzene rings is 1. The molecule has 0 bridgehead atoms. The molecule has 7 heteroatoms. The topological polar surface area (TPSA) is 12.0 Å². The Labute approximate surface area is 90.4 Å². The van der Waals surface area contributed by atoms with Gasteiger partial charge in [-0.3, -0.25) is 0 Å². The lowest BCUT2D eigenvalue weighted by molar-refractivity contribution is -0.115. The van der Waals surface area contributed by atoms with E-state index in [9.17, 15) is 22.0 Å². The summed E-state index contributed by atoms with van der Waals surface area (Å²) in [6.45, 7) is -1.38. The van der Waals surface area contributed by atoms with Gasteiger partial charge in [0.05, 0.1) is 5.69 Å². The fourth-order valence-corrected chi connectivity index (χ4v) is 1.45. The summed E-state index contributed by atoms with van der Waals surface area (Å²) < 4.78 is 60.9. The van der Waals surface area contributed by atoms with Crippen LogP contribution in [-0.2, 0) is 0 Å². The van der Waals surface area contributed by atoms with E-state index in [1.807, 2.05) is 5.32 Å². The minimum Gasteiger partial charge on any atom is -0.373 e. The first kappa shape index (κ1) is 12.2. The highest BCUT2D eigenvalue weighted by atomic mass is 79.9. The Balaban J connectivity index is 2.86. The van der Waals surface area contributed by atoms with E-state index in [0.717, 1.165) is 6.07 Å². The molecule has 1 aromatic carbocycles. The summed E-state index contributed by atoms with van der Waals surface area (Å²) in [5, 5.41) is 1.83. The van der Waals surface area contributed by atoms with Crippen LogP contribution in [0, 0.1) is 11.6 Å². The molecule has 0 radical (unpaired) electrons. The third-order valence-electron chi connectivity index (χ3n) is 1.47. The first-order valence-electron chi connectivity index (χ1n) is 3.75. The Morgan fingerprint density at radius 2 is 1.80 bits per heavy atom. The number of halogens is 6. The molecular weight excluding hydrogens is 285 g/mol. The molecule has 0 aliphatic carbocycles. The summed E-state index contributed by atoms with van der Waals surface area (Å²) in [5.74, 6) is -1.94. The van der Waals surface area contributed by atoms with Crippen molar-refractivity contribution in [2.24, 2.45) is 0 Å². The third kappa shape index (κ3) is 3.65. The van der Waals surface area contributed by atoms with E-state index >= 15 is 0 Å². The standard InChI is InChI=1S/C8H5BrF5N/c9-5-1-4(10)2-6(11)7(5)15-3-8(12,13)14/h1-2,15H,3H2. The molecule has 0 saturated carbocycles. The number of hydrogen-bond acceptors (Lipinski definition) is 1. The Morgan fingerprint density at radius 1 is 1.20 bits per heavy atom. The van der Waals surface area contributed by atoms with Gasteiger partial charge in [-0.1, -0.05) is 0 Å². The molecule has 0 fully saturated rings. The SMILES string of the molecule is Fc1cc(F)c(NCC(F)(F)F)c(Br)c1. The first-order chi connectivity index (χ1) is 6.79. The minimum absolute atomic E-state index is 0.0933. The van der Waals surface area contributed by atoms with E-state index in [2.05, 4.69) is 15.9 Å². The van der Waals surface area contributed by atoms with E-state index < -0.39 is 30.0 Å². The van der Waals surface area contributed by atoms with Crippen LogP contribution in [0.25, 0.3) is 0 Å². The van der Waals surface area contributed by atoms with Crippen molar-refractivity contribution < 1.29 is 22.0 Å². The Bertz CT molecular complexity index is 340. The lowest BCUT2D eigenvalue weighted by Crippen LogP contribution is -2.22. The summed E-state index contributed by atoms with van der Waals surface area (Å²) in [4.78, 5) is 0. The van der Waals surface area contributed by atoms with Crippen molar-refractivity contribution >= 4 is 21.6 Å². The molecule has 0 aromatic heterocycles. The summed E-state index contributed by atoms with van der Waals surface area (Å²) in [6.07, 6.45) is -4.46. The maximum Gasteiger partial charge on any atom is 0.405 e. The van der Waals surface area contributed by atoms with E-state index in [1.54, 1.807) is 0 Å². The van der Waals surface area contributed by atoms with Crippen LogP contribution in [-0.4, -0.2) is 12.7 Å². The second kappa shape index (κ2) is 4.34. The number of rotatable bonds is 2. The van der Waals surface area contributed by atoms with E-state index in [0.29, 0.717) is 6.07 Å². The zero-order valence-corrected chi connectivity index (χ0v) is 8.72. The minimum atomic E-state index is -4.46. The normalized spacial score (nSPS) is 11.6. The van der Waals surface area contributed by atoms with E-state index in [-0.39, 0.29) is 4.47 Å². The summed E-state index contributed by atoms with van der Waals surface area (Å²) in [5.41, 5.74) is -0.409. The van der Waals surface area contributed by atoms with Gasteiger partial charge in [0.15, 0.2) is 0 Å². The van der Waals surface area contributed by atoms with Gasteiger partial charge >= 0.3 is 6.18 Å². The molecule has 0 spiro atoms. The van der Waals surface area contributed by atoms with Crippen molar-refractivity contribution in [3.05, 3.63) is 28.2 Å². The van der Waals surface area contributed by atoms with Gasteiger partial charge in [-0.05, 0) is 22.0 Å². The molecule has 84 valence electrons. The summed E-state index contributed by atoms with van der Waals surface area (Å²) >= 11 is 2.76. The lowest BCUT2D eigenvalue weighted by Gasteiger charge is -2.11. The summed E-state index contributed by atoms with van der Waals surface area (Å²) in [6, 6.07) is 1.38. The molecule has 15 heavy (non-hydrogen) atoms. The van der Waals surface area contributed by atoms with Gasteiger partial charge in [0.1, 0.15) is 18.2 Å². The molecule has 0 amide bonds. The zero-order valence-electron chi connectivity index (χ0n) is 7.13. The van der Waals surface area contributed by atoms with Crippen LogP contribution in [0.1, 0.15) is 0 Å². The highest BCUT2D eigenvalue weighted by molar-refractivity contribution is 9.10. The van der Waals surface area contributed by atoms with Crippen molar-refractivity contribution in [3.8, 4) is 0 Å². The van der Waals surface area contributed by atoms with Crippen molar-refractivity contribution in [1.82, 2.24) is 0 Å². The van der Waals surface area contributed by atoms with Crippen LogP contribution in [0.5, 0.6) is 0 Å². The van der Waals surface area contributed by atoms with Crippen LogP contribution >= 0.6 is 15.9 Å². The van der Waals surface area contributed by atoms with E-state index in [4.69, 9.17) is 0 Å². The fourth-order valence-electron chi connectivity index (χ4n) is 0.900. The molecule has 1 rings (SSSR count). The molecule has 0 aliphatic heterocycles. The number of alkyl halides is 3. The maximum absolute atomic E-state index is 13.0. The van der Waals surface area contributed by atoms with Crippen LogP contribution in [0.2, 0.25) is 0 Å². The molecule has 0 unspecified atom stereocenters. The highest BCUT2D eigenvalue weighted by Crippen LogP contribution is 2.28. The van der Waals surface area contributed by atoms with Crippen molar-refractivity contribution in [3.63, 3.8) is 0 Å². The second-order valence-corrected chi connectivity index (χ2v) is 3.57. The van der Waals surface area contributed by atoms with Crippen LogP contribution in [0.3, 0.4) is 0 Å². The van der Waals surface area contributed by atoms with Crippen LogP contribution < -0.4 is 5.32 Å². The van der Waals surface area contributed by atoms with Gasteiger partial charge in [-0.15, -0.1) is 0 Å². The monoisotopic (exact) mass is 289 g/mol. The number of hydrogen-bond donors (Lipinski definition) is 1. The lowest BCUT2D eigenvalue weighted by atomic mass is 10.3. The predicted octanol–water partition coefficient (Wildman–Crippen LogP) is 3.70. The smallest absolute Gasteiger partial charge is 0.373 e. The molecule has 1 nitrogen and oxygen atoms in total. The molecule has 0 heterocycles. The van der Waals surface area contributed by atoms with Crippen LogP contribution in [0.15, 0.2) is 16.6 Å². The average molecular weight is 290 g/mol. The molecule has 0 saturated heterocycles. The Hall–Kier alpha value is -0.850. The quantitative estimate of drug-likeness (QED) is 0.819. The third-order valence-corrected chi connectivity index (χ3v) is 2.10. The maximum atomic E-state index is 13.0. The van der Waals surface area contributed by atoms with Crippen molar-refractivity contribution in [1.29, 1.82) is 0 Å². The van der Waals surface area contributed by atoms with Gasteiger partial charge in [-0.25, -0.2) is 8.78 Å². The van der Waals surface area contributed by atoms with Gasteiger partial charge in [0, 0.05) is 10.5 Å². The van der Waals surface area contributed by atoms with Crippen molar-refractivity contribution in [2.75, 3.05) is 11.9 Å². The van der Waals surface area contributed by atoms with Gasteiger partial charge in [0.2, 0.25) is 0 Å². The molecule has 0 atom stereocenters. The van der Waals surface area contributed by atoms with Crippen LogP contribution in [0.4, 0.5) is 27.6 Å². The van der Waals surface area contributed by atoms with E-state index in [1.165, 1.54) is 0 Å². The molecule has 1 N–H and O–H groups in total. The Morgan fingerprint density at radius 3 is 2.27 bits per heavy atom. The van der Waals surface area contributed by atoms with Gasteiger partial charge < -0.3 is 5.32 Å². The number of nitrogens with one attached hydrogen (secondary N) is 1. The molecular formula is C8H5BrF5N. The fraction of sp³-hybridized carbons (Fsp3) is 0.250. The number of anilines is 1.